The summed E-state index contributed by atoms with van der Waals surface area (Å²) >= 11 is 0. The van der Waals surface area contributed by atoms with Gasteiger partial charge >= 0.3 is 0 Å². The summed E-state index contributed by atoms with van der Waals surface area (Å²) in [5, 5.41) is 12.0. The first-order valence-electron chi connectivity index (χ1n) is 11.8. The molecule has 1 fully saturated rings. The molecule has 8 heteroatoms. The highest BCUT2D eigenvalue weighted by Crippen LogP contribution is 2.29. The van der Waals surface area contributed by atoms with Crippen LogP contribution in [-0.2, 0) is 6.54 Å². The van der Waals surface area contributed by atoms with E-state index in [0.29, 0.717) is 25.2 Å². The van der Waals surface area contributed by atoms with Gasteiger partial charge in [-0.3, -0.25) is 9.59 Å². The van der Waals surface area contributed by atoms with Crippen molar-refractivity contribution in [2.75, 3.05) is 13.1 Å². The number of nitrogens with one attached hydrogen (secondary N) is 1. The minimum absolute atomic E-state index is 0.0624. The van der Waals surface area contributed by atoms with Crippen molar-refractivity contribution in [3.63, 3.8) is 0 Å². The molecule has 180 valence electrons. The third-order valence-electron chi connectivity index (χ3n) is 6.67. The standard InChI is InChI=1S/C28H24FN5O2/c29-25-6-1-19(17-30)15-24(25)28(36)34-12-8-22(9-13-34)21-2-4-23(5-3-21)27(35)32-18-20-7-11-33-14-10-31-26(33)16-20/h1-7,10-11,14-16,22H,8-9,12-13,18H2,(H,32,35). The zero-order valence-electron chi connectivity index (χ0n) is 19.5. The summed E-state index contributed by atoms with van der Waals surface area (Å²) in [6.45, 7) is 1.42. The van der Waals surface area contributed by atoms with Crippen molar-refractivity contribution in [1.29, 1.82) is 5.26 Å². The van der Waals surface area contributed by atoms with Crippen LogP contribution in [0.3, 0.4) is 0 Å². The van der Waals surface area contributed by atoms with E-state index in [-0.39, 0.29) is 28.9 Å². The van der Waals surface area contributed by atoms with Gasteiger partial charge in [0.15, 0.2) is 0 Å². The van der Waals surface area contributed by atoms with E-state index in [4.69, 9.17) is 5.26 Å². The molecular formula is C28H24FN5O2. The first-order chi connectivity index (χ1) is 17.5. The number of hydrogen-bond acceptors (Lipinski definition) is 4. The smallest absolute Gasteiger partial charge is 0.256 e. The molecule has 3 heterocycles. The first kappa shape index (κ1) is 23.2. The number of imidazole rings is 1. The van der Waals surface area contributed by atoms with Crippen molar-refractivity contribution in [1.82, 2.24) is 19.6 Å². The van der Waals surface area contributed by atoms with E-state index in [2.05, 4.69) is 10.3 Å². The highest BCUT2D eigenvalue weighted by molar-refractivity contribution is 5.95. The fourth-order valence-electron chi connectivity index (χ4n) is 4.60. The first-order valence-corrected chi connectivity index (χ1v) is 11.8. The SMILES string of the molecule is N#Cc1ccc(F)c(C(=O)N2CCC(c3ccc(C(=O)NCc4ccn5ccnc5c4)cc3)CC2)c1. The van der Waals surface area contributed by atoms with E-state index in [1.165, 1.54) is 12.1 Å². The quantitative estimate of drug-likeness (QED) is 0.460. The molecule has 1 N–H and O–H groups in total. The molecule has 0 bridgehead atoms. The molecule has 2 amide bonds. The summed E-state index contributed by atoms with van der Waals surface area (Å²) in [7, 11) is 0. The molecule has 4 aromatic rings. The van der Waals surface area contributed by atoms with Crippen LogP contribution in [0.4, 0.5) is 4.39 Å². The monoisotopic (exact) mass is 481 g/mol. The van der Waals surface area contributed by atoms with Crippen LogP contribution in [0.1, 0.15) is 56.2 Å². The van der Waals surface area contributed by atoms with E-state index in [9.17, 15) is 14.0 Å². The molecule has 0 saturated carbocycles. The molecule has 36 heavy (non-hydrogen) atoms. The average molecular weight is 482 g/mol. The Bertz CT molecular complexity index is 1460. The minimum Gasteiger partial charge on any atom is -0.348 e. The van der Waals surface area contributed by atoms with Crippen LogP contribution in [0.25, 0.3) is 5.65 Å². The Kier molecular flexibility index (Phi) is 6.46. The maximum absolute atomic E-state index is 14.2. The van der Waals surface area contributed by atoms with Crippen molar-refractivity contribution in [2.45, 2.75) is 25.3 Å². The van der Waals surface area contributed by atoms with Crippen LogP contribution >= 0.6 is 0 Å². The number of piperidine rings is 1. The van der Waals surface area contributed by atoms with Crippen molar-refractivity contribution in [2.24, 2.45) is 0 Å². The van der Waals surface area contributed by atoms with Gasteiger partial charge in [-0.2, -0.15) is 5.26 Å². The second kappa shape index (κ2) is 10.0. The Hall–Kier alpha value is -4.51. The number of nitriles is 1. The number of halogens is 1. The lowest BCUT2D eigenvalue weighted by molar-refractivity contribution is 0.0708. The number of carbonyl (C=O) groups excluding carboxylic acids is 2. The number of hydrogen-bond donors (Lipinski definition) is 1. The number of likely N-dealkylation sites (tertiary alicyclic amines) is 1. The maximum Gasteiger partial charge on any atom is 0.256 e. The van der Waals surface area contributed by atoms with Gasteiger partial charge in [-0.1, -0.05) is 12.1 Å². The fraction of sp³-hybridized carbons (Fsp3) is 0.214. The van der Waals surface area contributed by atoms with Gasteiger partial charge in [0.05, 0.1) is 17.2 Å². The molecule has 0 aliphatic carbocycles. The predicted octanol–water partition coefficient (Wildman–Crippen LogP) is 4.29. The van der Waals surface area contributed by atoms with Gasteiger partial charge in [-0.25, -0.2) is 9.37 Å². The third-order valence-corrected chi connectivity index (χ3v) is 6.67. The lowest BCUT2D eigenvalue weighted by Crippen LogP contribution is -2.38. The molecular weight excluding hydrogens is 457 g/mol. The predicted molar refractivity (Wildman–Crippen MR) is 132 cm³/mol. The van der Waals surface area contributed by atoms with E-state index < -0.39 is 5.82 Å². The number of amides is 2. The summed E-state index contributed by atoms with van der Waals surface area (Å²) in [4.78, 5) is 31.3. The number of pyridine rings is 1. The van der Waals surface area contributed by atoms with Gasteiger partial charge in [0.25, 0.3) is 11.8 Å². The Labute approximate surface area is 207 Å². The maximum atomic E-state index is 14.2. The summed E-state index contributed by atoms with van der Waals surface area (Å²) in [5.41, 5.74) is 3.70. The number of aromatic nitrogens is 2. The minimum atomic E-state index is -0.614. The van der Waals surface area contributed by atoms with Crippen molar-refractivity contribution < 1.29 is 14.0 Å². The number of fused-ring (bicyclic) bond motifs is 1. The summed E-state index contributed by atoms with van der Waals surface area (Å²) in [6, 6.07) is 17.2. The van der Waals surface area contributed by atoms with Crippen molar-refractivity contribution >= 4 is 17.5 Å². The van der Waals surface area contributed by atoms with Gasteiger partial charge in [-0.15, -0.1) is 0 Å². The topological polar surface area (TPSA) is 90.5 Å². The second-order valence-electron chi connectivity index (χ2n) is 8.91. The van der Waals surface area contributed by atoms with Gasteiger partial charge in [0.2, 0.25) is 0 Å². The van der Waals surface area contributed by atoms with Crippen LogP contribution in [0.2, 0.25) is 0 Å². The lowest BCUT2D eigenvalue weighted by atomic mass is 9.88. The average Bonchev–Trinajstić information content (AvgIpc) is 3.40. The zero-order valence-corrected chi connectivity index (χ0v) is 19.5. The molecule has 1 aliphatic rings. The Balaban J connectivity index is 1.16. The normalized spacial score (nSPS) is 13.9. The molecule has 5 rings (SSSR count). The van der Waals surface area contributed by atoms with E-state index in [0.717, 1.165) is 35.7 Å². The number of carbonyl (C=O) groups is 2. The van der Waals surface area contributed by atoms with Crippen LogP contribution in [0.5, 0.6) is 0 Å². The third kappa shape index (κ3) is 4.82. The van der Waals surface area contributed by atoms with Gasteiger partial charge in [0, 0.05) is 43.8 Å². The van der Waals surface area contributed by atoms with Crippen LogP contribution < -0.4 is 5.32 Å². The van der Waals surface area contributed by atoms with E-state index in [1.807, 2.05) is 59.3 Å². The second-order valence-corrected chi connectivity index (χ2v) is 8.91. The summed E-state index contributed by atoms with van der Waals surface area (Å²) in [5.74, 6) is -0.895. The number of rotatable bonds is 5. The van der Waals surface area contributed by atoms with Gasteiger partial charge in [-0.05, 0) is 72.4 Å². The largest absolute Gasteiger partial charge is 0.348 e. The molecule has 0 unspecified atom stereocenters. The highest BCUT2D eigenvalue weighted by atomic mass is 19.1. The van der Waals surface area contributed by atoms with E-state index >= 15 is 0 Å². The summed E-state index contributed by atoms with van der Waals surface area (Å²) in [6.07, 6.45) is 7.00. The van der Waals surface area contributed by atoms with Crippen molar-refractivity contribution in [3.05, 3.63) is 107 Å². The molecule has 0 atom stereocenters. The fourth-order valence-corrected chi connectivity index (χ4v) is 4.60. The van der Waals surface area contributed by atoms with Crippen LogP contribution in [0.15, 0.2) is 73.2 Å². The van der Waals surface area contributed by atoms with Crippen LogP contribution in [-0.4, -0.2) is 39.2 Å². The number of nitrogens with zero attached hydrogens (tertiary/aromatic N) is 4. The molecule has 2 aromatic carbocycles. The molecule has 0 radical (unpaired) electrons. The zero-order chi connectivity index (χ0) is 25.1. The number of benzene rings is 2. The van der Waals surface area contributed by atoms with Crippen molar-refractivity contribution in [3.8, 4) is 6.07 Å². The molecule has 1 saturated heterocycles. The lowest BCUT2D eigenvalue weighted by Gasteiger charge is -2.32. The van der Waals surface area contributed by atoms with Crippen LogP contribution in [0, 0.1) is 17.1 Å². The summed E-state index contributed by atoms with van der Waals surface area (Å²) < 4.78 is 16.1. The molecule has 2 aromatic heterocycles. The van der Waals surface area contributed by atoms with E-state index in [1.54, 1.807) is 11.1 Å². The Morgan fingerprint density at radius 1 is 1.06 bits per heavy atom. The Morgan fingerprint density at radius 3 is 2.58 bits per heavy atom. The van der Waals surface area contributed by atoms with Gasteiger partial charge < -0.3 is 14.6 Å². The molecule has 1 aliphatic heterocycles. The molecule has 0 spiro atoms. The van der Waals surface area contributed by atoms with Gasteiger partial charge in [0.1, 0.15) is 11.5 Å². The molecule has 7 nitrogen and oxygen atoms in total. The Morgan fingerprint density at radius 2 is 1.83 bits per heavy atom. The highest BCUT2D eigenvalue weighted by Gasteiger charge is 2.26.